The summed E-state index contributed by atoms with van der Waals surface area (Å²) >= 11 is 0. The second kappa shape index (κ2) is 61.6. The van der Waals surface area contributed by atoms with Crippen LogP contribution in [0.25, 0.3) is 0 Å². The summed E-state index contributed by atoms with van der Waals surface area (Å²) in [5, 5.41) is 44.1. The highest BCUT2D eigenvalue weighted by atomic mass is 16.3. The van der Waals surface area contributed by atoms with Crippen molar-refractivity contribution in [2.75, 3.05) is 6.61 Å². The van der Waals surface area contributed by atoms with E-state index in [4.69, 9.17) is 0 Å². The van der Waals surface area contributed by atoms with E-state index in [0.717, 1.165) is 38.5 Å². The van der Waals surface area contributed by atoms with E-state index in [9.17, 15) is 25.2 Å². The average molecular weight is 1030 g/mol. The van der Waals surface area contributed by atoms with Gasteiger partial charge in [-0.3, -0.25) is 4.79 Å². The zero-order chi connectivity index (χ0) is 53.0. The molecule has 0 aliphatic rings. The summed E-state index contributed by atoms with van der Waals surface area (Å²) in [7, 11) is 0. The smallest absolute Gasteiger partial charge is 0.249 e. The third-order valence-electron chi connectivity index (χ3n) is 15.9. The van der Waals surface area contributed by atoms with Crippen LogP contribution in [-0.2, 0) is 4.79 Å². The molecule has 0 bridgehead atoms. The van der Waals surface area contributed by atoms with Crippen LogP contribution in [-0.4, -0.2) is 57.3 Å². The highest BCUT2D eigenvalue weighted by Gasteiger charge is 2.28. The van der Waals surface area contributed by atoms with Crippen molar-refractivity contribution in [3.05, 3.63) is 24.3 Å². The molecule has 0 fully saturated rings. The van der Waals surface area contributed by atoms with Crippen molar-refractivity contribution < 1.29 is 25.2 Å². The van der Waals surface area contributed by atoms with Crippen molar-refractivity contribution in [3.8, 4) is 0 Å². The van der Waals surface area contributed by atoms with Gasteiger partial charge in [0, 0.05) is 0 Å². The van der Waals surface area contributed by atoms with E-state index >= 15 is 0 Å². The lowest BCUT2D eigenvalue weighted by Gasteiger charge is -2.27. The predicted octanol–water partition coefficient (Wildman–Crippen LogP) is 20.2. The first-order valence-corrected chi connectivity index (χ1v) is 33.2. The Balaban J connectivity index is 3.60. The minimum absolute atomic E-state index is 0.365. The average Bonchev–Trinajstić information content (AvgIpc) is 3.40. The van der Waals surface area contributed by atoms with Crippen molar-refractivity contribution in [3.63, 3.8) is 0 Å². The number of nitrogens with one attached hydrogen (secondary N) is 1. The molecule has 6 heteroatoms. The number of aliphatic hydroxyl groups is 4. The summed E-state index contributed by atoms with van der Waals surface area (Å²) in [6.45, 7) is 4.09. The Morgan fingerprint density at radius 3 is 0.863 bits per heavy atom. The van der Waals surface area contributed by atoms with Crippen LogP contribution in [0.5, 0.6) is 0 Å². The fourth-order valence-electron chi connectivity index (χ4n) is 10.7. The van der Waals surface area contributed by atoms with E-state index in [-0.39, 0.29) is 0 Å². The Bertz CT molecular complexity index is 1110. The van der Waals surface area contributed by atoms with Gasteiger partial charge in [-0.2, -0.15) is 0 Å². The third-order valence-corrected chi connectivity index (χ3v) is 15.9. The van der Waals surface area contributed by atoms with Crippen LogP contribution >= 0.6 is 0 Å². The van der Waals surface area contributed by atoms with Gasteiger partial charge in [0.1, 0.15) is 12.2 Å². The van der Waals surface area contributed by atoms with E-state index in [1.807, 2.05) is 0 Å². The summed E-state index contributed by atoms with van der Waals surface area (Å²) in [4.78, 5) is 12.6. The van der Waals surface area contributed by atoms with Crippen molar-refractivity contribution in [2.24, 2.45) is 0 Å². The fraction of sp³-hybridized carbons (Fsp3) is 0.925. The van der Waals surface area contributed by atoms with Gasteiger partial charge in [-0.15, -0.1) is 0 Å². The van der Waals surface area contributed by atoms with Gasteiger partial charge in [0.2, 0.25) is 5.91 Å². The maximum atomic E-state index is 12.6. The molecule has 4 atom stereocenters. The molecular formula is C67H131NO5. The molecular weight excluding hydrogens is 899 g/mol. The molecule has 4 unspecified atom stereocenters. The molecule has 0 aliphatic carbocycles. The summed E-state index contributed by atoms with van der Waals surface area (Å²) in [5.41, 5.74) is 0. The molecule has 0 saturated heterocycles. The van der Waals surface area contributed by atoms with Gasteiger partial charge in [-0.05, 0) is 51.4 Å². The van der Waals surface area contributed by atoms with Crippen LogP contribution in [0.4, 0.5) is 0 Å². The molecule has 0 saturated carbocycles. The normalized spacial score (nSPS) is 13.7. The first-order valence-electron chi connectivity index (χ1n) is 33.2. The lowest BCUT2D eigenvalue weighted by Crippen LogP contribution is -2.53. The van der Waals surface area contributed by atoms with Crippen LogP contribution in [0.2, 0.25) is 0 Å². The molecule has 0 aliphatic heterocycles. The van der Waals surface area contributed by atoms with Crippen LogP contribution in [0.15, 0.2) is 24.3 Å². The predicted molar refractivity (Wildman–Crippen MR) is 321 cm³/mol. The number of carbonyl (C=O) groups is 1. The topological polar surface area (TPSA) is 110 Å². The van der Waals surface area contributed by atoms with Crippen LogP contribution < -0.4 is 5.32 Å². The Hall–Kier alpha value is -1.21. The lowest BCUT2D eigenvalue weighted by atomic mass is 10.00. The number of carbonyl (C=O) groups excluding carboxylic acids is 1. The summed E-state index contributed by atoms with van der Waals surface area (Å²) < 4.78 is 0. The Morgan fingerprint density at radius 2 is 0.575 bits per heavy atom. The zero-order valence-corrected chi connectivity index (χ0v) is 49.4. The van der Waals surface area contributed by atoms with E-state index in [2.05, 4.69) is 43.5 Å². The number of hydrogen-bond donors (Lipinski definition) is 5. The van der Waals surface area contributed by atoms with Crippen LogP contribution in [0.3, 0.4) is 0 Å². The van der Waals surface area contributed by atoms with E-state index in [1.165, 1.54) is 295 Å². The SMILES string of the molecule is CCCCCCCCCCCCCCCCCCCCCCC/C=C/CC/C=C/CCCC(O)C(O)C(CO)NC(=O)C(O)CCCCCCCCCCCCCCCCCCCCCCCCCCCCC. The Morgan fingerprint density at radius 1 is 0.329 bits per heavy atom. The van der Waals surface area contributed by atoms with Gasteiger partial charge in [0.25, 0.3) is 0 Å². The van der Waals surface area contributed by atoms with Gasteiger partial charge in [-0.1, -0.05) is 340 Å². The zero-order valence-electron chi connectivity index (χ0n) is 49.4. The summed E-state index contributed by atoms with van der Waals surface area (Å²) in [6, 6.07) is -1.01. The highest BCUT2D eigenvalue weighted by Crippen LogP contribution is 2.19. The monoisotopic (exact) mass is 1030 g/mol. The first-order chi connectivity index (χ1) is 36.0. The molecule has 73 heavy (non-hydrogen) atoms. The maximum absolute atomic E-state index is 12.6. The molecule has 6 nitrogen and oxygen atoms in total. The lowest BCUT2D eigenvalue weighted by molar-refractivity contribution is -0.132. The van der Waals surface area contributed by atoms with Crippen molar-refractivity contribution >= 4 is 5.91 Å². The summed E-state index contributed by atoms with van der Waals surface area (Å²) in [5.74, 6) is -0.590. The van der Waals surface area contributed by atoms with Crippen molar-refractivity contribution in [2.45, 2.75) is 391 Å². The van der Waals surface area contributed by atoms with E-state index in [1.54, 1.807) is 0 Å². The Kier molecular flexibility index (Phi) is 60.6. The second-order valence-electron chi connectivity index (χ2n) is 23.2. The van der Waals surface area contributed by atoms with E-state index < -0.39 is 36.9 Å². The third kappa shape index (κ3) is 55.4. The molecule has 0 radical (unpaired) electrons. The molecule has 0 rings (SSSR count). The molecule has 0 aromatic rings. The number of unbranched alkanes of at least 4 members (excludes halogenated alkanes) is 49. The number of hydrogen-bond acceptors (Lipinski definition) is 5. The molecule has 0 aromatic heterocycles. The minimum atomic E-state index is -1.29. The first kappa shape index (κ1) is 71.8. The van der Waals surface area contributed by atoms with Crippen LogP contribution in [0.1, 0.15) is 367 Å². The molecule has 434 valence electrons. The van der Waals surface area contributed by atoms with Gasteiger partial charge < -0.3 is 25.7 Å². The quantitative estimate of drug-likeness (QED) is 0.0308. The molecule has 1 amide bonds. The molecule has 0 aromatic carbocycles. The minimum Gasteiger partial charge on any atom is -0.394 e. The van der Waals surface area contributed by atoms with Gasteiger partial charge in [0.15, 0.2) is 0 Å². The Labute approximate surface area is 456 Å². The standard InChI is InChI=1S/C67H131NO5/c1-3-5-7-9-11-13-15-17-19-21-23-25-27-29-31-32-33-35-36-38-40-42-44-46-48-50-52-54-56-58-60-64(70)66(72)63(62-69)68-67(73)65(71)61-59-57-55-53-51-49-47-45-43-41-39-37-34-30-28-26-24-22-20-18-16-14-12-10-8-6-4-2/h44,46,52,54,63-66,69-72H,3-43,45,47-51,53,55-62H2,1-2H3,(H,68,73)/b46-44+,54-52+. The fourth-order valence-corrected chi connectivity index (χ4v) is 10.7. The van der Waals surface area contributed by atoms with Gasteiger partial charge in [-0.25, -0.2) is 0 Å². The maximum Gasteiger partial charge on any atom is 0.249 e. The summed E-state index contributed by atoms with van der Waals surface area (Å²) in [6.07, 6.45) is 77.2. The molecule has 0 spiro atoms. The largest absolute Gasteiger partial charge is 0.394 e. The second-order valence-corrected chi connectivity index (χ2v) is 23.2. The number of amides is 1. The van der Waals surface area contributed by atoms with Gasteiger partial charge >= 0.3 is 0 Å². The van der Waals surface area contributed by atoms with E-state index in [0.29, 0.717) is 19.3 Å². The molecule has 5 N–H and O–H groups in total. The number of rotatable bonds is 62. The number of allylic oxidation sites excluding steroid dienone is 4. The highest BCUT2D eigenvalue weighted by molar-refractivity contribution is 5.80. The van der Waals surface area contributed by atoms with Crippen LogP contribution in [0, 0.1) is 0 Å². The van der Waals surface area contributed by atoms with Gasteiger partial charge in [0.05, 0.1) is 18.8 Å². The number of aliphatic hydroxyl groups excluding tert-OH is 4. The van der Waals surface area contributed by atoms with Crippen molar-refractivity contribution in [1.29, 1.82) is 0 Å². The molecule has 0 heterocycles. The van der Waals surface area contributed by atoms with Crippen molar-refractivity contribution in [1.82, 2.24) is 5.32 Å².